The van der Waals surface area contributed by atoms with Gasteiger partial charge in [0.05, 0.1) is 11.2 Å². The lowest BCUT2D eigenvalue weighted by molar-refractivity contribution is -0.112. The fourth-order valence-electron chi connectivity index (χ4n) is 12.8. The normalized spacial score (nSPS) is 36.4. The summed E-state index contributed by atoms with van der Waals surface area (Å²) < 4.78 is 106. The number of hydrogen-bond acceptors (Lipinski definition) is 6. The average molecular weight is 892 g/mol. The molecule has 0 aromatic carbocycles. The highest BCUT2D eigenvalue weighted by molar-refractivity contribution is 6.74. The van der Waals surface area contributed by atoms with Gasteiger partial charge in [0.15, 0.2) is 16.6 Å². The molecule has 60 heavy (non-hydrogen) atoms. The average Bonchev–Trinajstić information content (AvgIpc) is 3.74. The molecule has 0 radical (unpaired) electrons. The van der Waals surface area contributed by atoms with Gasteiger partial charge in [0.25, 0.3) is 0 Å². The van der Waals surface area contributed by atoms with Crippen LogP contribution in [-0.2, 0) is 13.6 Å². The van der Waals surface area contributed by atoms with E-state index in [1.54, 1.807) is 0 Å². The van der Waals surface area contributed by atoms with Gasteiger partial charge in [-0.1, -0.05) is 94.9 Å². The van der Waals surface area contributed by atoms with E-state index in [-0.39, 0.29) is 76.7 Å². The molecule has 6 nitrogen and oxygen atoms in total. The van der Waals surface area contributed by atoms with E-state index < -0.39 is 60.7 Å². The minimum Gasteiger partial charge on any atom is -0.414 e. The topological polar surface area (TPSA) is 96.2 Å². The lowest BCUT2D eigenvalue weighted by atomic mass is 9.56. The molecule has 8 heteroatoms. The van der Waals surface area contributed by atoms with Gasteiger partial charge in [-0.15, -0.1) is 0 Å². The first-order valence-corrected chi connectivity index (χ1v) is 29.8. The Hall–Kier alpha value is -0.0962. The van der Waals surface area contributed by atoms with E-state index in [0.717, 1.165) is 70.5 Å². The maximum Gasteiger partial charge on any atom is 0.192 e. The predicted octanol–water partition coefficient (Wildman–Crippen LogP) is 14.1. The summed E-state index contributed by atoms with van der Waals surface area (Å²) in [5.74, 6) is 1.43. The molecule has 3 N–H and O–H groups in total. The van der Waals surface area contributed by atoms with E-state index in [4.69, 9.17) is 25.3 Å². The van der Waals surface area contributed by atoms with Crippen LogP contribution in [0.25, 0.3) is 0 Å². The van der Waals surface area contributed by atoms with Crippen molar-refractivity contribution in [2.45, 2.75) is 272 Å². The second-order valence-corrected chi connectivity index (χ2v) is 34.2. The Morgan fingerprint density at radius 3 is 1.35 bits per heavy atom. The molecule has 0 aliphatic heterocycles. The van der Waals surface area contributed by atoms with Crippen LogP contribution in [0.2, 0.25) is 36.3 Å². The highest BCUT2D eigenvalue weighted by Crippen LogP contribution is 2.65. The number of carbonyl (C=O) groups excluding carboxylic acids is 1. The molecule has 0 aromatic heterocycles. The Morgan fingerprint density at radius 1 is 0.617 bits per heavy atom. The van der Waals surface area contributed by atoms with Gasteiger partial charge in [0.2, 0.25) is 0 Å². The number of carbonyl (C=O) groups is 1. The second-order valence-electron chi connectivity index (χ2n) is 24.7. The van der Waals surface area contributed by atoms with E-state index in [1.807, 2.05) is 0 Å². The third kappa shape index (κ3) is 13.0. The van der Waals surface area contributed by atoms with Crippen LogP contribution in [0.1, 0.15) is 229 Å². The summed E-state index contributed by atoms with van der Waals surface area (Å²) in [6.07, 6.45) is 13.9. The lowest BCUT2D eigenvalue weighted by Crippen LogP contribution is -2.51. The zero-order valence-corrected chi connectivity index (χ0v) is 43.0. The smallest absolute Gasteiger partial charge is 0.192 e. The molecule has 4 saturated carbocycles. The molecule has 10 atom stereocenters. The Morgan fingerprint density at radius 2 is 1.00 bits per heavy atom. The maximum absolute atomic E-state index is 11.8. The first-order valence-electron chi connectivity index (χ1n) is 30.0. The van der Waals surface area contributed by atoms with Crippen molar-refractivity contribution in [1.82, 2.24) is 0 Å². The van der Waals surface area contributed by atoms with Crippen LogP contribution in [-0.4, -0.2) is 68.3 Å². The van der Waals surface area contributed by atoms with Crippen molar-refractivity contribution in [2.75, 3.05) is 6.61 Å². The Balaban J connectivity index is 0.000000380. The molecule has 4 aliphatic carbocycles. The monoisotopic (exact) mass is 891 g/mol. The fourth-order valence-corrected chi connectivity index (χ4v) is 15.5. The lowest BCUT2D eigenvalue weighted by Gasteiger charge is -2.52. The third-order valence-corrected chi connectivity index (χ3v) is 27.1. The van der Waals surface area contributed by atoms with Crippen molar-refractivity contribution >= 4 is 22.9 Å². The van der Waals surface area contributed by atoms with Crippen molar-refractivity contribution < 1.29 is 45.4 Å². The van der Waals surface area contributed by atoms with Crippen molar-refractivity contribution in [3.63, 3.8) is 0 Å². The third-order valence-electron chi connectivity index (χ3n) is 18.1. The predicted molar refractivity (Wildman–Crippen MR) is 259 cm³/mol. The number of aldehydes is 1. The van der Waals surface area contributed by atoms with Gasteiger partial charge in [-0.2, -0.15) is 0 Å². The molecule has 0 saturated heterocycles. The zero-order valence-electron chi connectivity index (χ0n) is 53.0. The Labute approximate surface area is 391 Å². The van der Waals surface area contributed by atoms with Gasteiger partial charge in [0, 0.05) is 41.7 Å². The molecule has 354 valence electrons. The Bertz CT molecular complexity index is 1750. The van der Waals surface area contributed by atoms with E-state index in [9.17, 15) is 20.1 Å². The van der Waals surface area contributed by atoms with Crippen LogP contribution in [0.15, 0.2) is 0 Å². The molecule has 0 spiro atoms. The van der Waals surface area contributed by atoms with Crippen molar-refractivity contribution in [2.24, 2.45) is 45.3 Å². The van der Waals surface area contributed by atoms with E-state index in [2.05, 4.69) is 95.4 Å². The number of aliphatic hydroxyl groups is 3. The van der Waals surface area contributed by atoms with Crippen LogP contribution in [0, 0.1) is 45.3 Å². The molecule has 0 bridgehead atoms. The minimum atomic E-state index is -3.01. The fraction of sp³-hybridized carbons (Fsp3) is 0.981. The first kappa shape index (κ1) is 38.1. The van der Waals surface area contributed by atoms with Gasteiger partial charge in [-0.25, -0.2) is 0 Å². The molecular formula is C52H102O6Si2. The molecular weight excluding hydrogens is 777 g/mol. The van der Waals surface area contributed by atoms with Crippen LogP contribution in [0.4, 0.5) is 0 Å². The number of rotatable bonds is 18. The summed E-state index contributed by atoms with van der Waals surface area (Å²) in [4.78, 5) is 11.8. The molecule has 2 unspecified atom stereocenters. The molecule has 4 rings (SSSR count). The van der Waals surface area contributed by atoms with Gasteiger partial charge in [0.1, 0.15) is 6.29 Å². The molecule has 0 amide bonds. The van der Waals surface area contributed by atoms with E-state index in [0.29, 0.717) is 43.4 Å². The molecule has 0 aromatic rings. The molecule has 4 fully saturated rings. The van der Waals surface area contributed by atoms with Crippen LogP contribution in [0.3, 0.4) is 0 Å². The first-order chi connectivity index (χ1) is 32.1. The molecule has 4 aliphatic rings. The summed E-state index contributed by atoms with van der Waals surface area (Å²) in [5.41, 5.74) is -6.09. The number of hydrogen-bond donors (Lipinski definition) is 3. The number of fused-ring (bicyclic) bond motifs is 2. The summed E-state index contributed by atoms with van der Waals surface area (Å²) >= 11 is 0. The van der Waals surface area contributed by atoms with Gasteiger partial charge in [-0.3, -0.25) is 0 Å². The zero-order chi connectivity index (χ0) is 56.0. The van der Waals surface area contributed by atoms with Crippen LogP contribution >= 0.6 is 0 Å². The van der Waals surface area contributed by atoms with Gasteiger partial charge in [-0.05, 0) is 192 Å². The summed E-state index contributed by atoms with van der Waals surface area (Å²) in [6, 6.07) is 0. The Kier molecular flexibility index (Phi) is 12.6. The second kappa shape index (κ2) is 19.8. The SMILES string of the molecule is [2H]C([2H])([2H])C(O)(CCC[C@](C)(CC=O)[C@H]1CCC2[C@@H](O[Si](C)(C)C(C)(C)C)CCC[C@@]21C)C([2H])([2H])[2H].[2H]C([2H])([2H])C(O)(CCC[C@](C)(CCO)[C@H]1CCC2[C@@H](O[Si](C)(C)C(C)(C)C)CCC[C@@]21C)C([2H])([2H])[2H]. The summed E-state index contributed by atoms with van der Waals surface area (Å²) in [6.45, 7) is 19.9. The minimum absolute atomic E-state index is 0.00734. The van der Waals surface area contributed by atoms with Gasteiger partial charge >= 0.3 is 0 Å². The van der Waals surface area contributed by atoms with Crippen molar-refractivity contribution in [3.05, 3.63) is 0 Å². The summed E-state index contributed by atoms with van der Waals surface area (Å²) in [7, 11) is -3.86. The largest absolute Gasteiger partial charge is 0.414 e. The van der Waals surface area contributed by atoms with Crippen LogP contribution < -0.4 is 0 Å². The maximum atomic E-state index is 11.8. The standard InChI is InChI=1S/C26H52O3Si.C26H50O3Si/c2*1-23(2,3)30(8,9)29-21-12-10-17-26(7)20(21)13-14-22(26)25(6,18-19-27)16-11-15-24(4,5)28/h20-22,27-28H,10-19H2,1-9H3;19-22,28H,10-18H2,1-9H3/t2*20?,21-,22+,25+,26-/m00/s1/i2*4D3,5D3. The van der Waals surface area contributed by atoms with Crippen molar-refractivity contribution in [3.8, 4) is 0 Å². The van der Waals surface area contributed by atoms with E-state index >= 15 is 0 Å². The van der Waals surface area contributed by atoms with Gasteiger partial charge < -0.3 is 29.0 Å². The summed E-state index contributed by atoms with van der Waals surface area (Å²) in [5, 5.41) is 31.7. The number of aliphatic hydroxyl groups excluding tert-OH is 1. The highest BCUT2D eigenvalue weighted by Gasteiger charge is 2.59. The van der Waals surface area contributed by atoms with E-state index in [1.165, 1.54) is 0 Å². The van der Waals surface area contributed by atoms with Crippen molar-refractivity contribution in [1.29, 1.82) is 0 Å². The van der Waals surface area contributed by atoms with Crippen LogP contribution in [0.5, 0.6) is 0 Å². The highest BCUT2D eigenvalue weighted by atomic mass is 28.4. The quantitative estimate of drug-likeness (QED) is 0.0937. The molecule has 0 heterocycles.